The van der Waals surface area contributed by atoms with Gasteiger partial charge in [0.25, 0.3) is 0 Å². The Labute approximate surface area is 107 Å². The highest BCUT2D eigenvalue weighted by Crippen LogP contribution is 2.28. The van der Waals surface area contributed by atoms with Gasteiger partial charge in [0.05, 0.1) is 0 Å². The van der Waals surface area contributed by atoms with E-state index >= 15 is 0 Å². The topological polar surface area (TPSA) is 24.5 Å². The Balaban J connectivity index is 2.62. The van der Waals surface area contributed by atoms with Gasteiger partial charge in [-0.25, -0.2) is 0 Å². The molecule has 1 N–H and O–H groups in total. The van der Waals surface area contributed by atoms with Crippen molar-refractivity contribution in [2.75, 3.05) is 33.4 Å². The summed E-state index contributed by atoms with van der Waals surface area (Å²) in [7, 11) is 1.78. The van der Waals surface area contributed by atoms with Crippen LogP contribution in [-0.2, 0) is 4.74 Å². The van der Waals surface area contributed by atoms with Crippen molar-refractivity contribution in [3.63, 3.8) is 0 Å². The maximum absolute atomic E-state index is 5.16. The van der Waals surface area contributed by atoms with Crippen molar-refractivity contribution < 1.29 is 4.74 Å². The van der Waals surface area contributed by atoms with E-state index in [1.807, 2.05) is 0 Å². The molecule has 0 unspecified atom stereocenters. The Bertz CT molecular complexity index is 224. The first-order chi connectivity index (χ1) is 7.99. The van der Waals surface area contributed by atoms with Gasteiger partial charge >= 0.3 is 0 Å². The minimum Gasteiger partial charge on any atom is -0.385 e. The number of ether oxygens (including phenoxy) is 1. The number of rotatable bonds is 6. The van der Waals surface area contributed by atoms with E-state index in [0.717, 1.165) is 32.7 Å². The van der Waals surface area contributed by atoms with Crippen LogP contribution in [0.2, 0.25) is 0 Å². The van der Waals surface area contributed by atoms with Crippen LogP contribution in [0.1, 0.15) is 47.0 Å². The van der Waals surface area contributed by atoms with Crippen LogP contribution in [0.25, 0.3) is 0 Å². The molecule has 0 spiro atoms. The lowest BCUT2D eigenvalue weighted by molar-refractivity contribution is 0.0170. The summed E-state index contributed by atoms with van der Waals surface area (Å²) in [5, 5.41) is 3.77. The van der Waals surface area contributed by atoms with Gasteiger partial charge in [0.2, 0.25) is 0 Å². The van der Waals surface area contributed by atoms with Gasteiger partial charge in [-0.05, 0) is 33.1 Å². The predicted molar refractivity (Wildman–Crippen MR) is 73.5 cm³/mol. The first-order valence-electron chi connectivity index (χ1n) is 6.98. The number of piperazine rings is 1. The summed E-state index contributed by atoms with van der Waals surface area (Å²) in [5.74, 6) is 0. The molecule has 0 saturated carbocycles. The number of nitrogens with one attached hydrogen (secondary N) is 1. The van der Waals surface area contributed by atoms with Crippen molar-refractivity contribution in [2.24, 2.45) is 0 Å². The highest BCUT2D eigenvalue weighted by Gasteiger charge is 2.40. The van der Waals surface area contributed by atoms with Crippen molar-refractivity contribution in [1.82, 2.24) is 10.2 Å². The molecule has 0 aromatic heterocycles. The van der Waals surface area contributed by atoms with Gasteiger partial charge < -0.3 is 10.1 Å². The Morgan fingerprint density at radius 1 is 1.24 bits per heavy atom. The molecule has 0 aliphatic carbocycles. The van der Waals surface area contributed by atoms with E-state index in [2.05, 4.69) is 37.9 Å². The van der Waals surface area contributed by atoms with Crippen molar-refractivity contribution in [3.05, 3.63) is 0 Å². The number of hydrogen-bond acceptors (Lipinski definition) is 3. The molecule has 0 aromatic carbocycles. The largest absolute Gasteiger partial charge is 0.385 e. The van der Waals surface area contributed by atoms with Crippen molar-refractivity contribution in [2.45, 2.75) is 58.0 Å². The second-order valence-electron chi connectivity index (χ2n) is 5.92. The van der Waals surface area contributed by atoms with E-state index in [4.69, 9.17) is 4.74 Å². The van der Waals surface area contributed by atoms with Gasteiger partial charge in [0.15, 0.2) is 0 Å². The maximum atomic E-state index is 5.16. The molecule has 0 bridgehead atoms. The second kappa shape index (κ2) is 6.17. The van der Waals surface area contributed by atoms with Gasteiger partial charge in [0.1, 0.15) is 0 Å². The molecule has 1 aliphatic rings. The quantitative estimate of drug-likeness (QED) is 0.723. The molecule has 0 radical (unpaired) electrons. The third-order valence-electron chi connectivity index (χ3n) is 4.38. The average molecular weight is 242 g/mol. The molecular weight excluding hydrogens is 212 g/mol. The summed E-state index contributed by atoms with van der Waals surface area (Å²) < 4.78 is 5.16. The van der Waals surface area contributed by atoms with E-state index in [9.17, 15) is 0 Å². The molecule has 102 valence electrons. The van der Waals surface area contributed by atoms with E-state index in [1.165, 1.54) is 12.8 Å². The lowest BCUT2D eigenvalue weighted by atomic mass is 9.85. The first-order valence-corrected chi connectivity index (χ1v) is 6.98. The molecule has 1 fully saturated rings. The fourth-order valence-corrected chi connectivity index (χ4v) is 2.66. The van der Waals surface area contributed by atoms with Gasteiger partial charge in [-0.1, -0.05) is 13.8 Å². The zero-order valence-electron chi connectivity index (χ0n) is 12.3. The van der Waals surface area contributed by atoms with Gasteiger partial charge in [0, 0.05) is 44.4 Å². The highest BCUT2D eigenvalue weighted by atomic mass is 16.5. The number of hydrogen-bond donors (Lipinski definition) is 1. The third-order valence-corrected chi connectivity index (χ3v) is 4.38. The number of methoxy groups -OCH3 is 1. The third kappa shape index (κ3) is 3.67. The van der Waals surface area contributed by atoms with Gasteiger partial charge in [-0.2, -0.15) is 0 Å². The minimum absolute atomic E-state index is 0.265. The van der Waals surface area contributed by atoms with Crippen molar-refractivity contribution in [1.29, 1.82) is 0 Å². The van der Waals surface area contributed by atoms with Gasteiger partial charge in [-0.3, -0.25) is 4.90 Å². The average Bonchev–Trinajstić information content (AvgIpc) is 2.32. The number of nitrogens with zero attached hydrogens (tertiary/aromatic N) is 1. The molecule has 1 saturated heterocycles. The van der Waals surface area contributed by atoms with Crippen LogP contribution in [0.5, 0.6) is 0 Å². The van der Waals surface area contributed by atoms with E-state index in [-0.39, 0.29) is 5.54 Å². The predicted octanol–water partition coefficient (Wildman–Crippen LogP) is 2.27. The summed E-state index contributed by atoms with van der Waals surface area (Å²) in [4.78, 5) is 2.63. The van der Waals surface area contributed by atoms with E-state index < -0.39 is 0 Å². The molecule has 0 atom stereocenters. The highest BCUT2D eigenvalue weighted by molar-refractivity contribution is 5.00. The summed E-state index contributed by atoms with van der Waals surface area (Å²) >= 11 is 0. The summed E-state index contributed by atoms with van der Waals surface area (Å²) in [5.41, 5.74) is 0.587. The summed E-state index contributed by atoms with van der Waals surface area (Å²) in [6, 6.07) is 0. The SMILES string of the molecule is CCC1(CC)CN(CCCOC)C(C)(C)CN1. The molecule has 1 rings (SSSR count). The minimum atomic E-state index is 0.265. The lowest BCUT2D eigenvalue weighted by Gasteiger charge is -2.52. The molecule has 1 aliphatic heterocycles. The van der Waals surface area contributed by atoms with Crippen LogP contribution in [0.15, 0.2) is 0 Å². The molecule has 17 heavy (non-hydrogen) atoms. The van der Waals surface area contributed by atoms with Crippen molar-refractivity contribution >= 4 is 0 Å². The standard InChI is InChI=1S/C14H30N2O/c1-6-14(7-2)12-16(9-8-10-17-5)13(3,4)11-15-14/h15H,6-12H2,1-5H3. The van der Waals surface area contributed by atoms with Crippen LogP contribution >= 0.6 is 0 Å². The van der Waals surface area contributed by atoms with Crippen LogP contribution in [0, 0.1) is 0 Å². The maximum Gasteiger partial charge on any atom is 0.0474 e. The van der Waals surface area contributed by atoms with Crippen molar-refractivity contribution in [3.8, 4) is 0 Å². The molecular formula is C14H30N2O. The molecule has 0 amide bonds. The van der Waals surface area contributed by atoms with Gasteiger partial charge in [-0.15, -0.1) is 0 Å². The van der Waals surface area contributed by atoms with E-state index in [1.54, 1.807) is 7.11 Å². The zero-order valence-corrected chi connectivity index (χ0v) is 12.3. The fraction of sp³-hybridized carbons (Fsp3) is 1.00. The van der Waals surface area contributed by atoms with Crippen LogP contribution in [0.3, 0.4) is 0 Å². The summed E-state index contributed by atoms with van der Waals surface area (Å²) in [6.45, 7) is 13.5. The monoisotopic (exact) mass is 242 g/mol. The second-order valence-corrected chi connectivity index (χ2v) is 5.92. The van der Waals surface area contributed by atoms with Crippen LogP contribution in [-0.4, -0.2) is 49.3 Å². The lowest BCUT2D eigenvalue weighted by Crippen LogP contribution is -2.67. The fourth-order valence-electron chi connectivity index (χ4n) is 2.66. The first kappa shape index (κ1) is 14.9. The van der Waals surface area contributed by atoms with Crippen LogP contribution in [0.4, 0.5) is 0 Å². The molecule has 1 heterocycles. The Hall–Kier alpha value is -0.120. The Kier molecular flexibility index (Phi) is 5.42. The Morgan fingerprint density at radius 2 is 1.88 bits per heavy atom. The summed E-state index contributed by atoms with van der Waals surface area (Å²) in [6.07, 6.45) is 3.55. The molecule has 3 heteroatoms. The van der Waals surface area contributed by atoms with Crippen LogP contribution < -0.4 is 5.32 Å². The van der Waals surface area contributed by atoms with E-state index in [0.29, 0.717) is 5.54 Å². The Morgan fingerprint density at radius 3 is 2.41 bits per heavy atom. The molecule has 0 aromatic rings. The molecule has 3 nitrogen and oxygen atoms in total. The normalized spacial score (nSPS) is 23.8. The zero-order chi connectivity index (χ0) is 12.9. The smallest absolute Gasteiger partial charge is 0.0474 e.